The maximum Gasteiger partial charge on any atom is 0.121 e. The van der Waals surface area contributed by atoms with E-state index in [1.165, 1.54) is 5.06 Å². The first-order chi connectivity index (χ1) is 9.22. The number of rotatable bonds is 3. The summed E-state index contributed by atoms with van der Waals surface area (Å²) >= 11 is 0. The molecule has 1 aromatic carbocycles. The van der Waals surface area contributed by atoms with Crippen LogP contribution in [0.2, 0.25) is 0 Å². The smallest absolute Gasteiger partial charge is 0.121 e. The van der Waals surface area contributed by atoms with Gasteiger partial charge in [-0.25, -0.2) is 0 Å². The molecule has 0 radical (unpaired) electrons. The molecule has 1 aromatic rings. The van der Waals surface area contributed by atoms with Crippen LogP contribution < -0.4 is 0 Å². The lowest BCUT2D eigenvalue weighted by Crippen LogP contribution is -2.60. The Bertz CT molecular complexity index is 453. The molecule has 2 rings (SSSR count). The molecule has 0 bridgehead atoms. The summed E-state index contributed by atoms with van der Waals surface area (Å²) in [6, 6.07) is 7.23. The highest BCUT2D eigenvalue weighted by atomic mass is 16.5. The average molecular weight is 279 g/mol. The largest absolute Gasteiger partial charge is 0.508 e. The third kappa shape index (κ3) is 3.14. The molecule has 1 saturated heterocycles. The first-order valence-electron chi connectivity index (χ1n) is 7.10. The molecule has 20 heavy (non-hydrogen) atoms. The van der Waals surface area contributed by atoms with Gasteiger partial charge in [-0.15, -0.1) is 0 Å². The summed E-state index contributed by atoms with van der Waals surface area (Å²) in [6.07, 6.45) is 1.60. The minimum Gasteiger partial charge on any atom is -0.508 e. The molecular formula is C16H25NO3. The molecule has 1 heterocycles. The molecule has 0 amide bonds. The van der Waals surface area contributed by atoms with E-state index in [1.54, 1.807) is 12.1 Å². The van der Waals surface area contributed by atoms with E-state index in [0.717, 1.165) is 18.4 Å². The number of hydrogen-bond acceptors (Lipinski definition) is 4. The fourth-order valence-corrected chi connectivity index (χ4v) is 3.14. The maximum atomic E-state index is 10.2. The van der Waals surface area contributed by atoms with Crippen LogP contribution in [0.3, 0.4) is 0 Å². The summed E-state index contributed by atoms with van der Waals surface area (Å²) in [5.41, 5.74) is 0.172. The van der Waals surface area contributed by atoms with Crippen molar-refractivity contribution in [3.63, 3.8) is 0 Å². The van der Waals surface area contributed by atoms with Gasteiger partial charge in [0, 0.05) is 16.6 Å². The van der Waals surface area contributed by atoms with Crippen LogP contribution in [0.1, 0.15) is 46.1 Å². The van der Waals surface area contributed by atoms with Gasteiger partial charge in [0.05, 0.1) is 12.7 Å². The zero-order valence-corrected chi connectivity index (χ0v) is 12.8. The number of nitrogens with zero attached hydrogens (tertiary/aromatic N) is 1. The van der Waals surface area contributed by atoms with Gasteiger partial charge in [0.1, 0.15) is 5.75 Å². The Morgan fingerprint density at radius 1 is 1.15 bits per heavy atom. The molecular weight excluding hydrogens is 254 g/mol. The number of piperidine rings is 1. The summed E-state index contributed by atoms with van der Waals surface area (Å²) in [5.74, 6) is 0.269. The van der Waals surface area contributed by atoms with Gasteiger partial charge in [-0.2, -0.15) is 5.06 Å². The molecule has 4 heteroatoms. The Morgan fingerprint density at radius 2 is 1.70 bits per heavy atom. The quantitative estimate of drug-likeness (QED) is 0.891. The fourth-order valence-electron chi connectivity index (χ4n) is 3.14. The van der Waals surface area contributed by atoms with Crippen LogP contribution >= 0.6 is 0 Å². The third-order valence-electron chi connectivity index (χ3n) is 4.07. The SMILES string of the molecule is CC1(C)CC(OCc2ccccc2O)CC(C)(C)N1O. The van der Waals surface area contributed by atoms with Crippen LogP contribution in [0.4, 0.5) is 0 Å². The van der Waals surface area contributed by atoms with E-state index >= 15 is 0 Å². The Kier molecular flexibility index (Phi) is 4.09. The molecule has 0 unspecified atom stereocenters. The predicted octanol–water partition coefficient (Wildman–Crippen LogP) is 3.32. The standard InChI is InChI=1S/C16H25NO3/c1-15(2)9-13(10-16(3,4)17(15)19)20-11-12-7-5-6-8-14(12)18/h5-8,13,18-19H,9-11H2,1-4H3. The first kappa shape index (κ1) is 15.3. The lowest BCUT2D eigenvalue weighted by Gasteiger charge is -2.51. The van der Waals surface area contributed by atoms with Crippen LogP contribution in [0, 0.1) is 0 Å². The van der Waals surface area contributed by atoms with Crippen molar-refractivity contribution >= 4 is 0 Å². The Labute approximate surface area is 120 Å². The monoisotopic (exact) mass is 279 g/mol. The van der Waals surface area contributed by atoms with E-state index in [4.69, 9.17) is 4.74 Å². The number of phenols is 1. The lowest BCUT2D eigenvalue weighted by molar-refractivity contribution is -0.262. The van der Waals surface area contributed by atoms with E-state index in [1.807, 2.05) is 39.8 Å². The molecule has 1 aliphatic rings. The van der Waals surface area contributed by atoms with Gasteiger partial charge in [0.25, 0.3) is 0 Å². The topological polar surface area (TPSA) is 52.9 Å². The van der Waals surface area contributed by atoms with E-state index in [0.29, 0.717) is 6.61 Å². The van der Waals surface area contributed by atoms with Crippen molar-refractivity contribution in [1.82, 2.24) is 5.06 Å². The molecule has 0 atom stereocenters. The van der Waals surface area contributed by atoms with Crippen molar-refractivity contribution in [2.24, 2.45) is 0 Å². The second kappa shape index (κ2) is 5.35. The summed E-state index contributed by atoms with van der Waals surface area (Å²) < 4.78 is 5.97. The fraction of sp³-hybridized carbons (Fsp3) is 0.625. The maximum absolute atomic E-state index is 10.2. The number of benzene rings is 1. The minimum absolute atomic E-state index is 0.0722. The average Bonchev–Trinajstić information content (AvgIpc) is 2.34. The molecule has 2 N–H and O–H groups in total. The van der Waals surface area contributed by atoms with Crippen LogP contribution in [0.15, 0.2) is 24.3 Å². The number of ether oxygens (including phenoxy) is 1. The molecule has 0 aliphatic carbocycles. The van der Waals surface area contributed by atoms with Crippen molar-refractivity contribution < 1.29 is 15.1 Å². The van der Waals surface area contributed by atoms with Crippen molar-refractivity contribution in [1.29, 1.82) is 0 Å². The highest BCUT2D eigenvalue weighted by Gasteiger charge is 2.45. The van der Waals surface area contributed by atoms with Gasteiger partial charge < -0.3 is 15.1 Å². The first-order valence-corrected chi connectivity index (χ1v) is 7.10. The van der Waals surface area contributed by atoms with Crippen LogP contribution in [-0.2, 0) is 11.3 Å². The van der Waals surface area contributed by atoms with Crippen molar-refractivity contribution in [3.05, 3.63) is 29.8 Å². The third-order valence-corrected chi connectivity index (χ3v) is 4.07. The Balaban J connectivity index is 2.02. The summed E-state index contributed by atoms with van der Waals surface area (Å²) in [4.78, 5) is 0. The lowest BCUT2D eigenvalue weighted by atomic mass is 9.80. The van der Waals surface area contributed by atoms with Crippen LogP contribution in [0.5, 0.6) is 5.75 Å². The van der Waals surface area contributed by atoms with Crippen molar-refractivity contribution in [2.45, 2.75) is 64.3 Å². The van der Waals surface area contributed by atoms with Crippen LogP contribution in [0.25, 0.3) is 0 Å². The van der Waals surface area contributed by atoms with E-state index < -0.39 is 0 Å². The van der Waals surface area contributed by atoms with Crippen molar-refractivity contribution in [3.8, 4) is 5.75 Å². The molecule has 0 aromatic heterocycles. The number of para-hydroxylation sites is 1. The number of aromatic hydroxyl groups is 1. The molecule has 0 saturated carbocycles. The Morgan fingerprint density at radius 3 is 2.25 bits per heavy atom. The highest BCUT2D eigenvalue weighted by Crippen LogP contribution is 2.38. The van der Waals surface area contributed by atoms with Gasteiger partial charge in [0.15, 0.2) is 0 Å². The van der Waals surface area contributed by atoms with E-state index in [2.05, 4.69) is 0 Å². The molecule has 4 nitrogen and oxygen atoms in total. The number of hydrogen-bond donors (Lipinski definition) is 2. The van der Waals surface area contributed by atoms with Crippen molar-refractivity contribution in [2.75, 3.05) is 0 Å². The summed E-state index contributed by atoms with van der Waals surface area (Å²) in [5, 5.41) is 21.5. The Hall–Kier alpha value is -1.10. The number of phenolic OH excluding ortho intramolecular Hbond substituents is 1. The molecule has 112 valence electrons. The van der Waals surface area contributed by atoms with Crippen LogP contribution in [-0.4, -0.2) is 32.6 Å². The number of hydroxylamine groups is 2. The normalized spacial score (nSPS) is 22.9. The zero-order valence-electron chi connectivity index (χ0n) is 12.8. The summed E-state index contributed by atoms with van der Waals surface area (Å²) in [7, 11) is 0. The minimum atomic E-state index is -0.314. The highest BCUT2D eigenvalue weighted by molar-refractivity contribution is 5.30. The molecule has 1 fully saturated rings. The van der Waals surface area contributed by atoms with Gasteiger partial charge >= 0.3 is 0 Å². The molecule has 1 aliphatic heterocycles. The van der Waals surface area contributed by atoms with E-state index in [-0.39, 0.29) is 22.9 Å². The van der Waals surface area contributed by atoms with Gasteiger partial charge in [-0.1, -0.05) is 18.2 Å². The second-order valence-corrected chi connectivity index (χ2v) is 6.91. The zero-order chi connectivity index (χ0) is 15.0. The van der Waals surface area contributed by atoms with E-state index in [9.17, 15) is 10.3 Å². The summed E-state index contributed by atoms with van der Waals surface area (Å²) in [6.45, 7) is 8.47. The van der Waals surface area contributed by atoms with Gasteiger partial charge in [-0.3, -0.25) is 0 Å². The van der Waals surface area contributed by atoms with Gasteiger partial charge in [-0.05, 0) is 46.6 Å². The second-order valence-electron chi connectivity index (χ2n) is 6.91. The molecule has 0 spiro atoms. The van der Waals surface area contributed by atoms with Gasteiger partial charge in [0.2, 0.25) is 0 Å². The predicted molar refractivity (Wildman–Crippen MR) is 77.7 cm³/mol.